The van der Waals surface area contributed by atoms with Gasteiger partial charge in [-0.1, -0.05) is 18.8 Å². The van der Waals surface area contributed by atoms with Crippen LogP contribution in [0.4, 0.5) is 4.79 Å². The summed E-state index contributed by atoms with van der Waals surface area (Å²) in [5, 5.41) is 2.70. The lowest BCUT2D eigenvalue weighted by Gasteiger charge is -2.13. The summed E-state index contributed by atoms with van der Waals surface area (Å²) >= 11 is 0. The van der Waals surface area contributed by atoms with Crippen molar-refractivity contribution < 1.29 is 9.53 Å². The molecule has 0 aromatic rings. The predicted molar refractivity (Wildman–Crippen MR) is 50.2 cm³/mol. The van der Waals surface area contributed by atoms with E-state index in [1.807, 2.05) is 0 Å². The molecule has 72 valence electrons. The van der Waals surface area contributed by atoms with Crippen molar-refractivity contribution in [3.05, 3.63) is 0 Å². The first kappa shape index (κ1) is 9.91. The number of nitrogens with one attached hydrogen (secondary N) is 1. The van der Waals surface area contributed by atoms with Gasteiger partial charge in [-0.2, -0.15) is 0 Å². The highest BCUT2D eigenvalue weighted by Crippen LogP contribution is 2.08. The van der Waals surface area contributed by atoms with E-state index in [4.69, 9.17) is 0 Å². The van der Waals surface area contributed by atoms with E-state index in [9.17, 15) is 4.79 Å². The molecule has 3 nitrogen and oxygen atoms in total. The van der Waals surface area contributed by atoms with E-state index < -0.39 is 0 Å². The maximum Gasteiger partial charge on any atom is 0.407 e. The molecule has 0 saturated carbocycles. The van der Waals surface area contributed by atoms with Gasteiger partial charge in [0.1, 0.15) is 0 Å². The number of rotatable bonds is 1. The second-order valence-corrected chi connectivity index (χ2v) is 3.11. The molecule has 0 heterocycles. The summed E-state index contributed by atoms with van der Waals surface area (Å²) in [6, 6.07) is -0.0206. The molecule has 0 spiro atoms. The topological polar surface area (TPSA) is 38.3 Å². The minimum Gasteiger partial charge on any atom is -0.453 e. The number of methoxy groups -OCH3 is 1. The fraction of sp³-hybridized carbons (Fsp3) is 0.700. The zero-order valence-corrected chi connectivity index (χ0v) is 7.93. The lowest BCUT2D eigenvalue weighted by atomic mass is 10.0. The maximum absolute atomic E-state index is 10.9. The Balaban J connectivity index is 2.41. The van der Waals surface area contributed by atoms with E-state index in [0.29, 0.717) is 0 Å². The largest absolute Gasteiger partial charge is 0.453 e. The summed E-state index contributed by atoms with van der Waals surface area (Å²) < 4.78 is 4.51. The molecule has 0 bridgehead atoms. The molecule has 0 aromatic carbocycles. The monoisotopic (exact) mass is 181 g/mol. The Morgan fingerprint density at radius 3 is 3.08 bits per heavy atom. The molecular weight excluding hydrogens is 166 g/mol. The van der Waals surface area contributed by atoms with Crippen molar-refractivity contribution in [3.63, 3.8) is 0 Å². The average Bonchev–Trinajstić information content (AvgIpc) is 2.09. The molecule has 13 heavy (non-hydrogen) atoms. The maximum atomic E-state index is 10.9. The summed E-state index contributed by atoms with van der Waals surface area (Å²) in [6.45, 7) is 0. The summed E-state index contributed by atoms with van der Waals surface area (Å²) in [5.41, 5.74) is 0. The van der Waals surface area contributed by atoms with Crippen LogP contribution in [0.3, 0.4) is 0 Å². The molecule has 1 aliphatic carbocycles. The summed E-state index contributed by atoms with van der Waals surface area (Å²) in [6.07, 6.45) is 5.00. The third-order valence-corrected chi connectivity index (χ3v) is 2.05. The van der Waals surface area contributed by atoms with Gasteiger partial charge in [-0.05, 0) is 12.8 Å². The van der Waals surface area contributed by atoms with Crippen LogP contribution in [0.25, 0.3) is 0 Å². The summed E-state index contributed by atoms with van der Waals surface area (Å²) in [7, 11) is 1.37. The third-order valence-electron chi connectivity index (χ3n) is 2.05. The second-order valence-electron chi connectivity index (χ2n) is 3.11. The van der Waals surface area contributed by atoms with Gasteiger partial charge in [-0.25, -0.2) is 4.79 Å². The van der Waals surface area contributed by atoms with Crippen LogP contribution >= 0.6 is 0 Å². The van der Waals surface area contributed by atoms with E-state index in [1.54, 1.807) is 0 Å². The first-order valence-corrected chi connectivity index (χ1v) is 4.66. The molecule has 1 rings (SSSR count). The Hall–Kier alpha value is -1.17. The SMILES string of the molecule is COC(=O)NC1C#CCCCCC1. The number of alkyl carbamates (subject to hydrolysis) is 1. The Labute approximate surface area is 78.8 Å². The molecule has 1 aliphatic rings. The fourth-order valence-corrected chi connectivity index (χ4v) is 1.32. The van der Waals surface area contributed by atoms with Gasteiger partial charge in [0.15, 0.2) is 0 Å². The van der Waals surface area contributed by atoms with Crippen molar-refractivity contribution in [3.8, 4) is 11.8 Å². The first-order chi connectivity index (χ1) is 6.33. The Kier molecular flexibility index (Phi) is 4.17. The van der Waals surface area contributed by atoms with Crippen molar-refractivity contribution in [1.29, 1.82) is 0 Å². The number of carbonyl (C=O) groups is 1. The Morgan fingerprint density at radius 2 is 2.31 bits per heavy atom. The van der Waals surface area contributed by atoms with Gasteiger partial charge in [-0.3, -0.25) is 0 Å². The molecule has 1 atom stereocenters. The minimum atomic E-state index is -0.389. The average molecular weight is 181 g/mol. The van der Waals surface area contributed by atoms with Crippen molar-refractivity contribution in [1.82, 2.24) is 5.32 Å². The molecule has 1 amide bonds. The van der Waals surface area contributed by atoms with E-state index in [0.717, 1.165) is 19.3 Å². The van der Waals surface area contributed by atoms with Crippen molar-refractivity contribution >= 4 is 6.09 Å². The zero-order valence-electron chi connectivity index (χ0n) is 7.93. The molecular formula is C10H15NO2. The van der Waals surface area contributed by atoms with Crippen LogP contribution in [0.15, 0.2) is 0 Å². The predicted octanol–water partition coefficient (Wildman–Crippen LogP) is 1.68. The van der Waals surface area contributed by atoms with Gasteiger partial charge in [-0.15, -0.1) is 5.92 Å². The highest BCUT2D eigenvalue weighted by molar-refractivity contribution is 5.67. The Morgan fingerprint density at radius 1 is 1.46 bits per heavy atom. The number of ether oxygens (including phenoxy) is 1. The molecule has 0 aliphatic heterocycles. The lowest BCUT2D eigenvalue weighted by molar-refractivity contribution is 0.168. The molecule has 3 heteroatoms. The molecule has 0 fully saturated rings. The van der Waals surface area contributed by atoms with Crippen molar-refractivity contribution in [2.24, 2.45) is 0 Å². The smallest absolute Gasteiger partial charge is 0.407 e. The first-order valence-electron chi connectivity index (χ1n) is 4.66. The van der Waals surface area contributed by atoms with Gasteiger partial charge in [0, 0.05) is 6.42 Å². The molecule has 1 N–H and O–H groups in total. The van der Waals surface area contributed by atoms with Crippen LogP contribution in [0.1, 0.15) is 32.1 Å². The third kappa shape index (κ3) is 3.84. The lowest BCUT2D eigenvalue weighted by Crippen LogP contribution is -2.33. The molecule has 1 unspecified atom stereocenters. The highest BCUT2D eigenvalue weighted by atomic mass is 16.5. The standard InChI is InChI=1S/C10H15NO2/c1-13-10(12)11-9-7-5-3-2-4-6-8-9/h9H,2-5,7H2,1H3,(H,11,12). The van der Waals surface area contributed by atoms with Crippen LogP contribution in [0.2, 0.25) is 0 Å². The van der Waals surface area contributed by atoms with Crippen LogP contribution in [-0.2, 0) is 4.74 Å². The number of amides is 1. The van der Waals surface area contributed by atoms with E-state index in [1.165, 1.54) is 20.0 Å². The normalized spacial score (nSPS) is 21.8. The fourth-order valence-electron chi connectivity index (χ4n) is 1.32. The number of hydrogen-bond acceptors (Lipinski definition) is 2. The van der Waals surface area contributed by atoms with Crippen LogP contribution in [0, 0.1) is 11.8 Å². The van der Waals surface area contributed by atoms with Gasteiger partial charge < -0.3 is 10.1 Å². The molecule has 0 aromatic heterocycles. The van der Waals surface area contributed by atoms with Gasteiger partial charge in [0.25, 0.3) is 0 Å². The van der Waals surface area contributed by atoms with Crippen LogP contribution in [0.5, 0.6) is 0 Å². The van der Waals surface area contributed by atoms with Crippen LogP contribution < -0.4 is 5.32 Å². The van der Waals surface area contributed by atoms with Gasteiger partial charge in [0.05, 0.1) is 13.2 Å². The summed E-state index contributed by atoms with van der Waals surface area (Å²) in [5.74, 6) is 6.07. The Bertz CT molecular complexity index is 227. The van der Waals surface area contributed by atoms with E-state index >= 15 is 0 Å². The van der Waals surface area contributed by atoms with Crippen molar-refractivity contribution in [2.75, 3.05) is 7.11 Å². The van der Waals surface area contributed by atoms with Gasteiger partial charge in [0.2, 0.25) is 0 Å². The summed E-state index contributed by atoms with van der Waals surface area (Å²) in [4.78, 5) is 10.9. The van der Waals surface area contributed by atoms with Crippen LogP contribution in [-0.4, -0.2) is 19.2 Å². The van der Waals surface area contributed by atoms with E-state index in [-0.39, 0.29) is 12.1 Å². The molecule has 0 radical (unpaired) electrons. The molecule has 0 saturated heterocycles. The van der Waals surface area contributed by atoms with Crippen molar-refractivity contribution in [2.45, 2.75) is 38.1 Å². The quantitative estimate of drug-likeness (QED) is 0.625. The van der Waals surface area contributed by atoms with Gasteiger partial charge >= 0.3 is 6.09 Å². The number of hydrogen-bond donors (Lipinski definition) is 1. The van der Waals surface area contributed by atoms with E-state index in [2.05, 4.69) is 21.9 Å². The second kappa shape index (κ2) is 5.47. The highest BCUT2D eigenvalue weighted by Gasteiger charge is 2.09. The zero-order chi connectivity index (χ0) is 9.52. The number of carbonyl (C=O) groups excluding carboxylic acids is 1. The minimum absolute atomic E-state index is 0.0206.